The highest BCUT2D eigenvalue weighted by atomic mass is 32.2. The minimum absolute atomic E-state index is 0.0468. The van der Waals surface area contributed by atoms with Crippen LogP contribution in [0.15, 0.2) is 30.3 Å². The fraction of sp³-hybridized carbons (Fsp3) is 0.444. The van der Waals surface area contributed by atoms with Gasteiger partial charge in [-0.15, -0.1) is 11.3 Å². The third-order valence-electron chi connectivity index (χ3n) is 4.89. The fourth-order valence-corrected chi connectivity index (χ4v) is 6.28. The van der Waals surface area contributed by atoms with Crippen LogP contribution in [0.3, 0.4) is 0 Å². The van der Waals surface area contributed by atoms with Crippen LogP contribution in [0.4, 0.5) is 5.13 Å². The van der Waals surface area contributed by atoms with Gasteiger partial charge < -0.3 is 5.32 Å². The van der Waals surface area contributed by atoms with E-state index in [1.54, 1.807) is 0 Å². The Morgan fingerprint density at radius 2 is 2.12 bits per heavy atom. The molecule has 1 atom stereocenters. The summed E-state index contributed by atoms with van der Waals surface area (Å²) in [6.45, 7) is 2.68. The molecule has 0 saturated carbocycles. The summed E-state index contributed by atoms with van der Waals surface area (Å²) in [7, 11) is -3.06. The molecule has 26 heavy (non-hydrogen) atoms. The number of hydrogen-bond acceptors (Lipinski definition) is 6. The molecule has 0 radical (unpaired) electrons. The van der Waals surface area contributed by atoms with E-state index < -0.39 is 15.8 Å². The third kappa shape index (κ3) is 3.97. The van der Waals surface area contributed by atoms with Crippen LogP contribution in [0.5, 0.6) is 0 Å². The largest absolute Gasteiger partial charge is 0.302 e. The van der Waals surface area contributed by atoms with Gasteiger partial charge in [-0.1, -0.05) is 30.3 Å². The molecule has 4 rings (SSSR count). The predicted octanol–water partition coefficient (Wildman–Crippen LogP) is 2.07. The van der Waals surface area contributed by atoms with Crippen LogP contribution in [0.1, 0.15) is 22.6 Å². The van der Waals surface area contributed by atoms with Crippen molar-refractivity contribution < 1.29 is 13.2 Å². The SMILES string of the molecule is O=C(Nc1nc2c(s1)CN(Cc1ccccc1)CC2)[C@@H]1CCS(=O)(=O)C1. The number of fused-ring (bicyclic) bond motifs is 1. The van der Waals surface area contributed by atoms with Crippen molar-refractivity contribution in [3.05, 3.63) is 46.5 Å². The number of benzene rings is 1. The highest BCUT2D eigenvalue weighted by Gasteiger charge is 2.33. The number of thiazole rings is 1. The molecule has 1 fully saturated rings. The minimum atomic E-state index is -3.06. The van der Waals surface area contributed by atoms with Gasteiger partial charge >= 0.3 is 0 Å². The van der Waals surface area contributed by atoms with Crippen LogP contribution in [0.2, 0.25) is 0 Å². The van der Waals surface area contributed by atoms with Crippen molar-refractivity contribution in [2.45, 2.75) is 25.9 Å². The molecule has 0 unspecified atom stereocenters. The Bertz CT molecular complexity index is 909. The molecule has 1 saturated heterocycles. The number of aromatic nitrogens is 1. The number of anilines is 1. The number of rotatable bonds is 4. The number of carbonyl (C=O) groups is 1. The number of nitrogens with one attached hydrogen (secondary N) is 1. The van der Waals surface area contributed by atoms with Crippen molar-refractivity contribution in [3.63, 3.8) is 0 Å². The smallest absolute Gasteiger partial charge is 0.230 e. The van der Waals surface area contributed by atoms with Gasteiger partial charge in [-0.05, 0) is 12.0 Å². The average molecular weight is 392 g/mol. The average Bonchev–Trinajstić information content (AvgIpc) is 3.17. The van der Waals surface area contributed by atoms with Crippen LogP contribution in [-0.2, 0) is 34.1 Å². The second kappa shape index (κ2) is 7.09. The Morgan fingerprint density at radius 3 is 2.85 bits per heavy atom. The number of carbonyl (C=O) groups excluding carboxylic acids is 1. The number of hydrogen-bond donors (Lipinski definition) is 1. The molecule has 8 heteroatoms. The Kier molecular flexibility index (Phi) is 4.81. The molecule has 2 aliphatic heterocycles. The molecule has 2 aliphatic rings. The Hall–Kier alpha value is -1.77. The van der Waals surface area contributed by atoms with Gasteiger partial charge in [-0.25, -0.2) is 13.4 Å². The van der Waals surface area contributed by atoms with Crippen LogP contribution in [0, 0.1) is 5.92 Å². The van der Waals surface area contributed by atoms with Gasteiger partial charge in [0.1, 0.15) is 0 Å². The van der Waals surface area contributed by atoms with E-state index in [4.69, 9.17) is 0 Å². The lowest BCUT2D eigenvalue weighted by Crippen LogP contribution is -2.29. The molecule has 2 aromatic rings. The van der Waals surface area contributed by atoms with Crippen molar-refractivity contribution in [3.8, 4) is 0 Å². The monoisotopic (exact) mass is 391 g/mol. The van der Waals surface area contributed by atoms with Crippen molar-refractivity contribution >= 4 is 32.2 Å². The minimum Gasteiger partial charge on any atom is -0.302 e. The highest BCUT2D eigenvalue weighted by molar-refractivity contribution is 7.91. The summed E-state index contributed by atoms with van der Waals surface area (Å²) in [5.74, 6) is -0.614. The summed E-state index contributed by atoms with van der Waals surface area (Å²) in [5, 5.41) is 3.42. The predicted molar refractivity (Wildman–Crippen MR) is 102 cm³/mol. The summed E-state index contributed by atoms with van der Waals surface area (Å²) in [4.78, 5) is 20.4. The zero-order valence-electron chi connectivity index (χ0n) is 14.3. The van der Waals surface area contributed by atoms with Crippen molar-refractivity contribution in [2.75, 3.05) is 23.4 Å². The normalized spacial score (nSPS) is 22.1. The Labute approximate surface area is 157 Å². The maximum atomic E-state index is 12.3. The van der Waals surface area contributed by atoms with E-state index in [0.717, 1.165) is 31.7 Å². The molecule has 1 N–H and O–H groups in total. The molecule has 1 aromatic carbocycles. The van der Waals surface area contributed by atoms with Crippen molar-refractivity contribution in [1.82, 2.24) is 9.88 Å². The first kappa shape index (κ1) is 17.6. The van der Waals surface area contributed by atoms with Gasteiger partial charge in [0.25, 0.3) is 0 Å². The molecule has 138 valence electrons. The van der Waals surface area contributed by atoms with Crippen molar-refractivity contribution in [1.29, 1.82) is 0 Å². The van der Waals surface area contributed by atoms with E-state index in [9.17, 15) is 13.2 Å². The summed E-state index contributed by atoms with van der Waals surface area (Å²) in [6.07, 6.45) is 1.27. The van der Waals surface area contributed by atoms with Gasteiger partial charge in [-0.2, -0.15) is 0 Å². The molecule has 1 aromatic heterocycles. The summed E-state index contributed by atoms with van der Waals surface area (Å²) in [5.41, 5.74) is 2.34. The first-order valence-corrected chi connectivity index (χ1v) is 11.4. The van der Waals surface area contributed by atoms with Gasteiger partial charge in [0.05, 0.1) is 23.1 Å². The van der Waals surface area contributed by atoms with E-state index in [1.807, 2.05) is 18.2 Å². The second-order valence-electron chi connectivity index (χ2n) is 6.92. The topological polar surface area (TPSA) is 79.4 Å². The maximum absolute atomic E-state index is 12.3. The van der Waals surface area contributed by atoms with E-state index in [0.29, 0.717) is 11.6 Å². The summed E-state index contributed by atoms with van der Waals surface area (Å²) >= 11 is 1.50. The van der Waals surface area contributed by atoms with E-state index >= 15 is 0 Å². The van der Waals surface area contributed by atoms with Crippen LogP contribution < -0.4 is 5.32 Å². The number of sulfone groups is 1. The number of nitrogens with zero attached hydrogens (tertiary/aromatic N) is 2. The zero-order valence-corrected chi connectivity index (χ0v) is 16.0. The van der Waals surface area contributed by atoms with Gasteiger partial charge in [-0.3, -0.25) is 9.69 Å². The lowest BCUT2D eigenvalue weighted by atomic mass is 10.1. The molecular formula is C18H21N3O3S2. The van der Waals surface area contributed by atoms with Crippen molar-refractivity contribution in [2.24, 2.45) is 5.92 Å². The molecule has 0 spiro atoms. The lowest BCUT2D eigenvalue weighted by molar-refractivity contribution is -0.119. The molecule has 6 nitrogen and oxygen atoms in total. The molecular weight excluding hydrogens is 370 g/mol. The van der Waals surface area contributed by atoms with Gasteiger partial charge in [0.15, 0.2) is 15.0 Å². The lowest BCUT2D eigenvalue weighted by Gasteiger charge is -2.25. The van der Waals surface area contributed by atoms with Gasteiger partial charge in [0, 0.05) is 30.9 Å². The van der Waals surface area contributed by atoms with Crippen LogP contribution >= 0.6 is 11.3 Å². The van der Waals surface area contributed by atoms with E-state index in [2.05, 4.69) is 27.3 Å². The third-order valence-corrected chi connectivity index (χ3v) is 7.66. The summed E-state index contributed by atoms with van der Waals surface area (Å²) in [6, 6.07) is 10.4. The van der Waals surface area contributed by atoms with Gasteiger partial charge in [0.2, 0.25) is 5.91 Å². The Morgan fingerprint density at radius 1 is 1.31 bits per heavy atom. The van der Waals surface area contributed by atoms with E-state index in [1.165, 1.54) is 21.8 Å². The second-order valence-corrected chi connectivity index (χ2v) is 10.2. The zero-order chi connectivity index (χ0) is 18.1. The molecule has 1 amide bonds. The number of amides is 1. The highest BCUT2D eigenvalue weighted by Crippen LogP contribution is 2.30. The summed E-state index contributed by atoms with van der Waals surface area (Å²) < 4.78 is 23.1. The first-order chi connectivity index (χ1) is 12.5. The fourth-order valence-electron chi connectivity index (χ4n) is 3.49. The molecule has 0 bridgehead atoms. The standard InChI is InChI=1S/C18H21N3O3S2/c22-17(14-7-9-26(23,24)12-14)20-18-19-15-6-8-21(11-16(15)25-18)10-13-4-2-1-3-5-13/h1-5,14H,6-12H2,(H,19,20,22)/t14-/m1/s1. The maximum Gasteiger partial charge on any atom is 0.230 e. The Balaban J connectivity index is 1.39. The molecule has 3 heterocycles. The molecule has 0 aliphatic carbocycles. The van der Waals surface area contributed by atoms with Crippen LogP contribution in [-0.4, -0.2) is 42.3 Å². The first-order valence-electron chi connectivity index (χ1n) is 8.75. The quantitative estimate of drug-likeness (QED) is 0.863. The van der Waals surface area contributed by atoms with E-state index in [-0.39, 0.29) is 17.4 Å². The van der Waals surface area contributed by atoms with Crippen LogP contribution in [0.25, 0.3) is 0 Å².